The minimum atomic E-state index is -0.174. The number of carbonyl (C=O) groups is 1. The minimum Gasteiger partial charge on any atom is -0.320 e. The fraction of sp³-hybridized carbons (Fsp3) is 0.308. The number of aryl methyl sites for hydroxylation is 2. The Labute approximate surface area is 101 Å². The molecule has 17 heavy (non-hydrogen) atoms. The predicted molar refractivity (Wildman–Crippen MR) is 66.3 cm³/mol. The van der Waals surface area contributed by atoms with Crippen molar-refractivity contribution in [3.05, 3.63) is 41.1 Å². The maximum atomic E-state index is 11.9. The topological polar surface area (TPSA) is 50.4 Å². The van der Waals surface area contributed by atoms with Gasteiger partial charge in [0.05, 0.1) is 0 Å². The van der Waals surface area contributed by atoms with Crippen LogP contribution in [0.1, 0.15) is 18.1 Å². The molecule has 0 aromatic heterocycles. The Hall–Kier alpha value is -1.81. The number of anilines is 1. The van der Waals surface area contributed by atoms with Gasteiger partial charge in [-0.2, -0.15) is 0 Å². The predicted octanol–water partition coefficient (Wildman–Crippen LogP) is 2.05. The molecule has 1 unspecified atom stereocenters. The molecule has 1 amide bonds. The maximum absolute atomic E-state index is 11.9. The van der Waals surface area contributed by atoms with Gasteiger partial charge < -0.3 is 5.32 Å². The molecule has 2 rings (SSSR count). The van der Waals surface area contributed by atoms with Crippen molar-refractivity contribution in [2.24, 2.45) is 0 Å². The van der Waals surface area contributed by atoms with Crippen molar-refractivity contribution in [3.63, 3.8) is 0 Å². The molecule has 0 saturated heterocycles. The van der Waals surface area contributed by atoms with Gasteiger partial charge in [-0.1, -0.05) is 18.2 Å². The van der Waals surface area contributed by atoms with Crippen LogP contribution in [0.3, 0.4) is 0 Å². The number of hydrogen-bond acceptors (Lipinski definition) is 3. The average molecular weight is 232 g/mol. The third-order valence-corrected chi connectivity index (χ3v) is 2.72. The quantitative estimate of drug-likeness (QED) is 0.820. The van der Waals surface area contributed by atoms with Crippen molar-refractivity contribution in [1.29, 1.82) is 0 Å². The van der Waals surface area contributed by atoms with Crippen LogP contribution >= 0.6 is 0 Å². The lowest BCUT2D eigenvalue weighted by atomic mass is 10.1. The van der Waals surface area contributed by atoms with Crippen LogP contribution in [-0.4, -0.2) is 12.0 Å². The number of para-hydroxylation sites is 1. The largest absolute Gasteiger partial charge is 0.320 e. The van der Waals surface area contributed by atoms with E-state index in [4.69, 9.17) is 4.84 Å². The molecular formula is C13H16N2O2. The molecular weight excluding hydrogens is 216 g/mol. The summed E-state index contributed by atoms with van der Waals surface area (Å²) in [5.74, 6) is -0.174. The third-order valence-electron chi connectivity index (χ3n) is 2.72. The lowest BCUT2D eigenvalue weighted by molar-refractivity contribution is -0.114. The fourth-order valence-corrected chi connectivity index (χ4v) is 1.77. The van der Waals surface area contributed by atoms with E-state index in [-0.39, 0.29) is 12.0 Å². The Kier molecular flexibility index (Phi) is 3.15. The first-order chi connectivity index (χ1) is 8.08. The van der Waals surface area contributed by atoms with E-state index in [9.17, 15) is 4.79 Å². The summed E-state index contributed by atoms with van der Waals surface area (Å²) in [5, 5.41) is 2.89. The van der Waals surface area contributed by atoms with E-state index in [1.807, 2.05) is 39.0 Å². The number of amides is 1. The summed E-state index contributed by atoms with van der Waals surface area (Å²) >= 11 is 0. The van der Waals surface area contributed by atoms with E-state index in [1.54, 1.807) is 6.08 Å². The lowest BCUT2D eigenvalue weighted by Crippen LogP contribution is -2.23. The third kappa shape index (κ3) is 2.47. The van der Waals surface area contributed by atoms with Crippen LogP contribution in [0.25, 0.3) is 0 Å². The van der Waals surface area contributed by atoms with Gasteiger partial charge in [-0.15, -0.1) is 0 Å². The van der Waals surface area contributed by atoms with Gasteiger partial charge in [-0.3, -0.25) is 15.1 Å². The van der Waals surface area contributed by atoms with E-state index < -0.39 is 0 Å². The van der Waals surface area contributed by atoms with Gasteiger partial charge in [0, 0.05) is 5.69 Å². The zero-order chi connectivity index (χ0) is 12.4. The Bertz CT molecular complexity index is 460. The highest BCUT2D eigenvalue weighted by molar-refractivity contribution is 6.04. The fourth-order valence-electron chi connectivity index (χ4n) is 1.77. The first-order valence-corrected chi connectivity index (χ1v) is 5.59. The summed E-state index contributed by atoms with van der Waals surface area (Å²) in [7, 11) is 0. The molecule has 2 N–H and O–H groups in total. The highest BCUT2D eigenvalue weighted by Gasteiger charge is 2.19. The number of benzene rings is 1. The monoisotopic (exact) mass is 232 g/mol. The first-order valence-electron chi connectivity index (χ1n) is 5.59. The molecule has 1 atom stereocenters. The number of hydrogen-bond donors (Lipinski definition) is 2. The highest BCUT2D eigenvalue weighted by Crippen LogP contribution is 2.20. The second kappa shape index (κ2) is 4.59. The van der Waals surface area contributed by atoms with Crippen LogP contribution < -0.4 is 10.8 Å². The molecule has 4 heteroatoms. The maximum Gasteiger partial charge on any atom is 0.273 e. The van der Waals surface area contributed by atoms with Crippen molar-refractivity contribution in [3.8, 4) is 0 Å². The van der Waals surface area contributed by atoms with Crippen molar-refractivity contribution in [1.82, 2.24) is 5.48 Å². The Balaban J connectivity index is 2.16. The molecule has 0 saturated carbocycles. The van der Waals surface area contributed by atoms with Gasteiger partial charge in [0.1, 0.15) is 11.8 Å². The van der Waals surface area contributed by atoms with E-state index in [2.05, 4.69) is 10.8 Å². The van der Waals surface area contributed by atoms with E-state index in [1.165, 1.54) is 0 Å². The van der Waals surface area contributed by atoms with Crippen LogP contribution in [-0.2, 0) is 9.63 Å². The van der Waals surface area contributed by atoms with Gasteiger partial charge >= 0.3 is 0 Å². The van der Waals surface area contributed by atoms with Crippen LogP contribution in [0.15, 0.2) is 30.0 Å². The molecule has 0 spiro atoms. The molecule has 1 aliphatic heterocycles. The van der Waals surface area contributed by atoms with Crippen molar-refractivity contribution in [2.45, 2.75) is 26.9 Å². The summed E-state index contributed by atoms with van der Waals surface area (Å²) in [6.45, 7) is 5.81. The summed E-state index contributed by atoms with van der Waals surface area (Å²) in [6.07, 6.45) is 1.68. The van der Waals surface area contributed by atoms with E-state index in [0.29, 0.717) is 5.70 Å². The van der Waals surface area contributed by atoms with E-state index >= 15 is 0 Å². The molecule has 1 aromatic rings. The molecule has 0 aliphatic carbocycles. The van der Waals surface area contributed by atoms with Gasteiger partial charge in [-0.05, 0) is 38.0 Å². The van der Waals surface area contributed by atoms with Gasteiger partial charge in [0.25, 0.3) is 5.91 Å². The Morgan fingerprint density at radius 3 is 2.53 bits per heavy atom. The smallest absolute Gasteiger partial charge is 0.273 e. The molecule has 0 radical (unpaired) electrons. The molecule has 1 aromatic carbocycles. The first kappa shape index (κ1) is 11.7. The summed E-state index contributed by atoms with van der Waals surface area (Å²) in [5.41, 5.74) is 6.03. The summed E-state index contributed by atoms with van der Waals surface area (Å²) < 4.78 is 0. The molecule has 1 aliphatic rings. The Morgan fingerprint density at radius 1 is 1.35 bits per heavy atom. The second-order valence-electron chi connectivity index (χ2n) is 4.23. The Morgan fingerprint density at radius 2 is 2.00 bits per heavy atom. The van der Waals surface area contributed by atoms with Gasteiger partial charge in [-0.25, -0.2) is 0 Å². The van der Waals surface area contributed by atoms with Crippen molar-refractivity contribution >= 4 is 11.6 Å². The zero-order valence-electron chi connectivity index (χ0n) is 10.2. The van der Waals surface area contributed by atoms with Gasteiger partial charge in [0.15, 0.2) is 0 Å². The SMILES string of the molecule is Cc1cccc(C)c1NC(=O)C1=CC(C)ON1. The normalized spacial score (nSPS) is 18.5. The van der Waals surface area contributed by atoms with E-state index in [0.717, 1.165) is 16.8 Å². The van der Waals surface area contributed by atoms with Crippen molar-refractivity contribution in [2.75, 3.05) is 5.32 Å². The summed E-state index contributed by atoms with van der Waals surface area (Å²) in [4.78, 5) is 17.0. The van der Waals surface area contributed by atoms with Crippen LogP contribution in [0.5, 0.6) is 0 Å². The van der Waals surface area contributed by atoms with Crippen LogP contribution in [0, 0.1) is 13.8 Å². The molecule has 0 bridgehead atoms. The number of carbonyl (C=O) groups excluding carboxylic acids is 1. The lowest BCUT2D eigenvalue weighted by Gasteiger charge is -2.11. The number of nitrogens with one attached hydrogen (secondary N) is 2. The average Bonchev–Trinajstić information content (AvgIpc) is 2.70. The standard InChI is InChI=1S/C13H16N2O2/c1-8-5-4-6-9(2)12(8)14-13(16)11-7-10(3)17-15-11/h4-7,10,15H,1-3H3,(H,14,16). The number of rotatable bonds is 2. The molecule has 0 fully saturated rings. The minimum absolute atomic E-state index is 0.0753. The molecule has 1 heterocycles. The summed E-state index contributed by atoms with van der Waals surface area (Å²) in [6, 6.07) is 5.91. The second-order valence-corrected chi connectivity index (χ2v) is 4.23. The molecule has 4 nitrogen and oxygen atoms in total. The van der Waals surface area contributed by atoms with Crippen molar-refractivity contribution < 1.29 is 9.63 Å². The zero-order valence-corrected chi connectivity index (χ0v) is 10.2. The van der Waals surface area contributed by atoms with Crippen LogP contribution in [0.2, 0.25) is 0 Å². The highest BCUT2D eigenvalue weighted by atomic mass is 16.7. The molecule has 90 valence electrons. The number of hydroxylamine groups is 1. The van der Waals surface area contributed by atoms with Gasteiger partial charge in [0.2, 0.25) is 0 Å². The van der Waals surface area contributed by atoms with Crippen LogP contribution in [0.4, 0.5) is 5.69 Å².